The summed E-state index contributed by atoms with van der Waals surface area (Å²) < 4.78 is 0. The highest BCUT2D eigenvalue weighted by molar-refractivity contribution is 7.80. The molecular formula is C15H24N4S. The van der Waals surface area contributed by atoms with Gasteiger partial charge < -0.3 is 15.5 Å². The van der Waals surface area contributed by atoms with Gasteiger partial charge in [0.05, 0.1) is 11.3 Å². The number of thiocarbonyl (C=S) groups is 1. The largest absolute Gasteiger partial charge is 0.389 e. The van der Waals surface area contributed by atoms with E-state index in [9.17, 15) is 0 Å². The number of aryl methyl sites for hydroxylation is 2. The Labute approximate surface area is 127 Å². The summed E-state index contributed by atoms with van der Waals surface area (Å²) >= 11 is 5.22. The maximum atomic E-state index is 5.91. The van der Waals surface area contributed by atoms with Gasteiger partial charge in [-0.05, 0) is 46.3 Å². The summed E-state index contributed by atoms with van der Waals surface area (Å²) in [5, 5.41) is 0. The highest BCUT2D eigenvalue weighted by atomic mass is 32.1. The van der Waals surface area contributed by atoms with Crippen molar-refractivity contribution in [3.05, 3.63) is 23.0 Å². The quantitative estimate of drug-likeness (QED) is 0.862. The van der Waals surface area contributed by atoms with Gasteiger partial charge in [-0.3, -0.25) is 4.98 Å². The van der Waals surface area contributed by atoms with Gasteiger partial charge in [-0.1, -0.05) is 12.2 Å². The zero-order valence-electron chi connectivity index (χ0n) is 12.8. The van der Waals surface area contributed by atoms with Crippen molar-refractivity contribution < 1.29 is 0 Å². The van der Waals surface area contributed by atoms with Gasteiger partial charge in [-0.2, -0.15) is 0 Å². The molecule has 1 aromatic heterocycles. The lowest BCUT2D eigenvalue weighted by Gasteiger charge is -2.38. The van der Waals surface area contributed by atoms with Crippen molar-refractivity contribution in [3.8, 4) is 0 Å². The Balaban J connectivity index is 2.37. The van der Waals surface area contributed by atoms with Crippen LogP contribution in [-0.4, -0.2) is 48.1 Å². The second-order valence-electron chi connectivity index (χ2n) is 5.78. The van der Waals surface area contributed by atoms with Crippen molar-refractivity contribution in [2.24, 2.45) is 5.73 Å². The van der Waals surface area contributed by atoms with E-state index in [0.29, 0.717) is 11.0 Å². The number of nitrogens with two attached hydrogens (primary N) is 1. The monoisotopic (exact) mass is 292 g/mol. The summed E-state index contributed by atoms with van der Waals surface area (Å²) in [5.74, 6) is 0. The first-order chi connectivity index (χ1) is 9.40. The predicted octanol–water partition coefficient (Wildman–Crippen LogP) is 1.86. The first-order valence-corrected chi connectivity index (χ1v) is 7.50. The van der Waals surface area contributed by atoms with Crippen LogP contribution in [0.1, 0.15) is 29.8 Å². The van der Waals surface area contributed by atoms with Crippen LogP contribution in [0.15, 0.2) is 6.07 Å². The molecule has 1 unspecified atom stereocenters. The van der Waals surface area contributed by atoms with Crippen molar-refractivity contribution in [1.29, 1.82) is 0 Å². The number of rotatable bonds is 3. The van der Waals surface area contributed by atoms with Crippen LogP contribution in [-0.2, 0) is 0 Å². The van der Waals surface area contributed by atoms with E-state index in [-0.39, 0.29) is 0 Å². The number of anilines is 1. The van der Waals surface area contributed by atoms with Crippen molar-refractivity contribution in [2.45, 2.75) is 32.7 Å². The fraction of sp³-hybridized carbons (Fsp3) is 0.600. The summed E-state index contributed by atoms with van der Waals surface area (Å²) in [6.07, 6.45) is 2.44. The summed E-state index contributed by atoms with van der Waals surface area (Å²) in [7, 11) is 4.32. The minimum absolute atomic E-state index is 0.431. The lowest BCUT2D eigenvalue weighted by molar-refractivity contribution is 0.248. The number of hydrogen-bond acceptors (Lipinski definition) is 4. The molecule has 2 rings (SSSR count). The van der Waals surface area contributed by atoms with Crippen molar-refractivity contribution in [2.75, 3.05) is 32.1 Å². The van der Waals surface area contributed by atoms with Gasteiger partial charge in [0.15, 0.2) is 0 Å². The molecule has 0 radical (unpaired) electrons. The molecule has 1 aliphatic rings. The molecule has 1 aromatic rings. The van der Waals surface area contributed by atoms with Gasteiger partial charge in [-0.25, -0.2) is 0 Å². The molecule has 1 fully saturated rings. The third-order valence-corrected chi connectivity index (χ3v) is 4.29. The van der Waals surface area contributed by atoms with Gasteiger partial charge in [0.1, 0.15) is 4.99 Å². The molecule has 5 heteroatoms. The number of likely N-dealkylation sites (N-methyl/N-ethyl adjacent to an activating group) is 2. The number of pyridine rings is 1. The standard InChI is InChI=1S/C15H24N4S/c1-10-8-13(14(15(16)20)11(2)17-10)19(4)12-6-5-7-18(3)9-12/h8,12H,5-7,9H2,1-4H3,(H2,16,20). The van der Waals surface area contributed by atoms with Crippen molar-refractivity contribution >= 4 is 22.9 Å². The van der Waals surface area contributed by atoms with E-state index < -0.39 is 0 Å². The molecule has 0 saturated carbocycles. The minimum Gasteiger partial charge on any atom is -0.389 e. The van der Waals surface area contributed by atoms with Gasteiger partial charge in [0.2, 0.25) is 0 Å². The molecule has 2 heterocycles. The zero-order chi connectivity index (χ0) is 14.9. The zero-order valence-corrected chi connectivity index (χ0v) is 13.6. The molecule has 20 heavy (non-hydrogen) atoms. The second kappa shape index (κ2) is 6.06. The molecule has 0 spiro atoms. The van der Waals surface area contributed by atoms with E-state index in [2.05, 4.69) is 34.9 Å². The maximum absolute atomic E-state index is 5.91. The number of aromatic nitrogens is 1. The Morgan fingerprint density at radius 1 is 1.50 bits per heavy atom. The van der Waals surface area contributed by atoms with Crippen LogP contribution < -0.4 is 10.6 Å². The molecular weight excluding hydrogens is 268 g/mol. The first kappa shape index (κ1) is 15.2. The second-order valence-corrected chi connectivity index (χ2v) is 6.22. The third-order valence-electron chi connectivity index (χ3n) is 4.08. The molecule has 2 N–H and O–H groups in total. The molecule has 0 aromatic carbocycles. The smallest absolute Gasteiger partial charge is 0.107 e. The van der Waals surface area contributed by atoms with Crippen LogP contribution in [0.3, 0.4) is 0 Å². The van der Waals surface area contributed by atoms with Crippen molar-refractivity contribution in [3.63, 3.8) is 0 Å². The molecule has 1 atom stereocenters. The number of likely N-dealkylation sites (tertiary alicyclic amines) is 1. The van der Waals surface area contributed by atoms with Crippen LogP contribution in [0.4, 0.5) is 5.69 Å². The van der Waals surface area contributed by atoms with E-state index in [1.54, 1.807) is 0 Å². The lowest BCUT2D eigenvalue weighted by atomic mass is 10.0. The number of piperidine rings is 1. The normalized spacial score (nSPS) is 19.9. The highest BCUT2D eigenvalue weighted by Gasteiger charge is 2.24. The topological polar surface area (TPSA) is 45.4 Å². The van der Waals surface area contributed by atoms with Gasteiger partial charge in [-0.15, -0.1) is 0 Å². The van der Waals surface area contributed by atoms with Gasteiger partial charge >= 0.3 is 0 Å². The first-order valence-electron chi connectivity index (χ1n) is 7.09. The van der Waals surface area contributed by atoms with Crippen LogP contribution in [0, 0.1) is 13.8 Å². The number of nitrogens with zero attached hydrogens (tertiary/aromatic N) is 3. The predicted molar refractivity (Wildman–Crippen MR) is 88.5 cm³/mol. The summed E-state index contributed by atoms with van der Waals surface area (Å²) in [5.41, 5.74) is 9.87. The molecule has 4 nitrogen and oxygen atoms in total. The molecule has 1 aliphatic heterocycles. The van der Waals surface area contributed by atoms with E-state index in [1.165, 1.54) is 19.4 Å². The third kappa shape index (κ3) is 3.10. The van der Waals surface area contributed by atoms with Crippen LogP contribution >= 0.6 is 12.2 Å². The van der Waals surface area contributed by atoms with E-state index in [0.717, 1.165) is 29.2 Å². The van der Waals surface area contributed by atoms with Crippen LogP contribution in [0.5, 0.6) is 0 Å². The Bertz CT molecular complexity index is 515. The Hall–Kier alpha value is -1.20. The lowest BCUT2D eigenvalue weighted by Crippen LogP contribution is -2.45. The van der Waals surface area contributed by atoms with E-state index >= 15 is 0 Å². The van der Waals surface area contributed by atoms with Crippen LogP contribution in [0.2, 0.25) is 0 Å². The average Bonchev–Trinajstić information content (AvgIpc) is 2.36. The minimum atomic E-state index is 0.431. The molecule has 0 aliphatic carbocycles. The summed E-state index contributed by atoms with van der Waals surface area (Å²) in [6, 6.07) is 2.60. The highest BCUT2D eigenvalue weighted by Crippen LogP contribution is 2.27. The molecule has 110 valence electrons. The Morgan fingerprint density at radius 2 is 2.20 bits per heavy atom. The Kier molecular flexibility index (Phi) is 4.60. The van der Waals surface area contributed by atoms with E-state index in [4.69, 9.17) is 18.0 Å². The summed E-state index contributed by atoms with van der Waals surface area (Å²) in [6.45, 7) is 6.25. The van der Waals surface area contributed by atoms with Gasteiger partial charge in [0.25, 0.3) is 0 Å². The average molecular weight is 292 g/mol. The fourth-order valence-corrected chi connectivity index (χ4v) is 3.30. The molecule has 1 saturated heterocycles. The fourth-order valence-electron chi connectivity index (χ4n) is 3.04. The molecule has 0 bridgehead atoms. The van der Waals surface area contributed by atoms with E-state index in [1.807, 2.05) is 13.8 Å². The molecule has 0 amide bonds. The maximum Gasteiger partial charge on any atom is 0.107 e. The Morgan fingerprint density at radius 3 is 2.80 bits per heavy atom. The SMILES string of the molecule is Cc1cc(N(C)C2CCCN(C)C2)c(C(N)=S)c(C)n1. The van der Waals surface area contributed by atoms with Gasteiger partial charge in [0, 0.05) is 31.0 Å². The number of hydrogen-bond donors (Lipinski definition) is 1. The summed E-state index contributed by atoms with van der Waals surface area (Å²) in [4.78, 5) is 9.63. The van der Waals surface area contributed by atoms with Crippen LogP contribution in [0.25, 0.3) is 0 Å². The van der Waals surface area contributed by atoms with Crippen molar-refractivity contribution in [1.82, 2.24) is 9.88 Å².